The minimum Gasteiger partial charge on any atom is -0.382 e. The zero-order valence-electron chi connectivity index (χ0n) is 16.9. The molecule has 0 aliphatic heterocycles. The fourth-order valence-corrected chi connectivity index (χ4v) is 3.65. The first-order valence-corrected chi connectivity index (χ1v) is 10.9. The summed E-state index contributed by atoms with van der Waals surface area (Å²) in [5.41, 5.74) is 6.81. The highest BCUT2D eigenvalue weighted by Gasteiger charge is 2.25. The maximum Gasteiger partial charge on any atom is 0.356 e. The molecule has 0 fully saturated rings. The van der Waals surface area contributed by atoms with E-state index in [4.69, 9.17) is 19.5 Å². The molecular formula is C16H26N7O6P. The summed E-state index contributed by atoms with van der Waals surface area (Å²) in [6.07, 6.45) is 2.61. The van der Waals surface area contributed by atoms with Crippen LogP contribution in [0, 0.1) is 0 Å². The number of amides is 2. The minimum atomic E-state index is -3.60. The number of ether oxygens (including phenoxy) is 1. The van der Waals surface area contributed by atoms with Crippen molar-refractivity contribution in [2.24, 2.45) is 0 Å². The van der Waals surface area contributed by atoms with E-state index in [0.717, 1.165) is 0 Å². The van der Waals surface area contributed by atoms with E-state index in [2.05, 4.69) is 25.6 Å². The lowest BCUT2D eigenvalue weighted by atomic mass is 10.5. The molecule has 2 aromatic heterocycles. The Morgan fingerprint density at radius 2 is 1.70 bits per heavy atom. The second-order valence-electron chi connectivity index (χ2n) is 6.15. The van der Waals surface area contributed by atoms with E-state index in [1.807, 2.05) is 0 Å². The third-order valence-corrected chi connectivity index (χ3v) is 5.33. The molecule has 2 aromatic rings. The quantitative estimate of drug-likeness (QED) is 0.280. The van der Waals surface area contributed by atoms with Crippen LogP contribution in [-0.2, 0) is 34.5 Å². The minimum absolute atomic E-state index is 0.0112. The van der Waals surface area contributed by atoms with Gasteiger partial charge in [-0.1, -0.05) is 0 Å². The summed E-state index contributed by atoms with van der Waals surface area (Å²) in [4.78, 5) is 34.0. The summed E-state index contributed by atoms with van der Waals surface area (Å²) < 4.78 is 30.8. The standard InChI is InChI=1S/C16H26N7O6P/c1-12(24)18-3-6-28-30(26,29-7-4-19-13(2)25)11-27-8-5-23-10-22-14-15(17)20-9-21-16(14)23/h9-10H,3-8,11H2,1-2H3,(H,18,24)(H,19,25)(H2,17,20,21). The second-order valence-corrected chi connectivity index (χ2v) is 8.15. The summed E-state index contributed by atoms with van der Waals surface area (Å²) in [7, 11) is -3.60. The van der Waals surface area contributed by atoms with Crippen molar-refractivity contribution in [2.75, 3.05) is 45.0 Å². The predicted molar refractivity (Wildman–Crippen MR) is 107 cm³/mol. The van der Waals surface area contributed by atoms with Crippen LogP contribution in [0.15, 0.2) is 12.7 Å². The zero-order chi connectivity index (χ0) is 22.0. The van der Waals surface area contributed by atoms with Gasteiger partial charge in [-0.15, -0.1) is 0 Å². The summed E-state index contributed by atoms with van der Waals surface area (Å²) in [5, 5.41) is 5.07. The Hall–Kier alpha value is -2.60. The van der Waals surface area contributed by atoms with E-state index in [-0.39, 0.29) is 56.9 Å². The summed E-state index contributed by atoms with van der Waals surface area (Å²) in [6, 6.07) is 0. The number of rotatable bonds is 13. The van der Waals surface area contributed by atoms with Crippen molar-refractivity contribution in [1.29, 1.82) is 0 Å². The molecule has 0 saturated heterocycles. The van der Waals surface area contributed by atoms with Crippen LogP contribution in [0.25, 0.3) is 11.2 Å². The van der Waals surface area contributed by atoms with Crippen molar-refractivity contribution in [2.45, 2.75) is 20.4 Å². The number of carbonyl (C=O) groups excluding carboxylic acids is 2. The molecule has 14 heteroatoms. The molecule has 30 heavy (non-hydrogen) atoms. The largest absolute Gasteiger partial charge is 0.382 e. The van der Waals surface area contributed by atoms with Gasteiger partial charge in [0.15, 0.2) is 11.5 Å². The van der Waals surface area contributed by atoms with Crippen LogP contribution in [-0.4, -0.2) is 70.6 Å². The number of hydrogen-bond acceptors (Lipinski definition) is 10. The lowest BCUT2D eigenvalue weighted by Gasteiger charge is -2.19. The molecule has 0 radical (unpaired) electrons. The number of hydrogen-bond donors (Lipinski definition) is 3. The van der Waals surface area contributed by atoms with Crippen molar-refractivity contribution in [3.63, 3.8) is 0 Å². The number of nitrogens with zero attached hydrogens (tertiary/aromatic N) is 4. The molecule has 166 valence electrons. The number of nitrogens with one attached hydrogen (secondary N) is 2. The van der Waals surface area contributed by atoms with Gasteiger partial charge in [0.2, 0.25) is 11.8 Å². The van der Waals surface area contributed by atoms with Gasteiger partial charge in [-0.3, -0.25) is 14.2 Å². The van der Waals surface area contributed by atoms with Crippen molar-refractivity contribution in [1.82, 2.24) is 30.2 Å². The van der Waals surface area contributed by atoms with E-state index < -0.39 is 7.60 Å². The summed E-state index contributed by atoms with van der Waals surface area (Å²) in [6.45, 7) is 3.63. The first-order chi connectivity index (χ1) is 14.3. The maximum atomic E-state index is 12.9. The van der Waals surface area contributed by atoms with Crippen molar-refractivity contribution < 1.29 is 27.9 Å². The van der Waals surface area contributed by atoms with E-state index >= 15 is 0 Å². The molecule has 2 amide bonds. The molecule has 0 saturated carbocycles. The van der Waals surface area contributed by atoms with Crippen LogP contribution in [0.1, 0.15) is 13.8 Å². The molecule has 0 aliphatic rings. The second kappa shape index (κ2) is 11.6. The maximum absolute atomic E-state index is 12.9. The molecule has 0 aromatic carbocycles. The van der Waals surface area contributed by atoms with Crippen molar-refractivity contribution >= 4 is 36.4 Å². The van der Waals surface area contributed by atoms with E-state index in [1.165, 1.54) is 20.2 Å². The first-order valence-electron chi connectivity index (χ1n) is 9.17. The number of aromatic nitrogens is 4. The van der Waals surface area contributed by atoms with Crippen molar-refractivity contribution in [3.05, 3.63) is 12.7 Å². The Morgan fingerprint density at radius 3 is 2.30 bits per heavy atom. The average molecular weight is 443 g/mol. The third-order valence-electron chi connectivity index (χ3n) is 3.68. The number of imidazole rings is 1. The van der Waals surface area contributed by atoms with Gasteiger partial charge in [-0.05, 0) is 0 Å². The number of fused-ring (bicyclic) bond motifs is 1. The van der Waals surface area contributed by atoms with Crippen LogP contribution in [0.5, 0.6) is 0 Å². The summed E-state index contributed by atoms with van der Waals surface area (Å²) >= 11 is 0. The van der Waals surface area contributed by atoms with Gasteiger partial charge in [0.1, 0.15) is 18.2 Å². The molecule has 2 heterocycles. The monoisotopic (exact) mass is 443 g/mol. The highest BCUT2D eigenvalue weighted by molar-refractivity contribution is 7.53. The SMILES string of the molecule is CC(=O)NCCOP(=O)(COCCn1cnc2c(N)ncnc21)OCCNC(C)=O. The van der Waals surface area contributed by atoms with Gasteiger partial charge < -0.3 is 34.7 Å². The van der Waals surface area contributed by atoms with Gasteiger partial charge >= 0.3 is 7.60 Å². The third kappa shape index (κ3) is 7.67. The molecular weight excluding hydrogens is 417 g/mol. The molecule has 0 unspecified atom stereocenters. The molecule has 0 bridgehead atoms. The molecule has 0 aliphatic carbocycles. The lowest BCUT2D eigenvalue weighted by Crippen LogP contribution is -2.26. The van der Waals surface area contributed by atoms with Crippen LogP contribution >= 0.6 is 7.60 Å². The zero-order valence-corrected chi connectivity index (χ0v) is 17.8. The summed E-state index contributed by atoms with van der Waals surface area (Å²) in [5.74, 6) is -0.175. The smallest absolute Gasteiger partial charge is 0.356 e. The molecule has 13 nitrogen and oxygen atoms in total. The van der Waals surface area contributed by atoms with Gasteiger partial charge in [-0.2, -0.15) is 0 Å². The lowest BCUT2D eigenvalue weighted by molar-refractivity contribution is -0.119. The Bertz CT molecular complexity index is 879. The average Bonchev–Trinajstić information content (AvgIpc) is 3.10. The van der Waals surface area contributed by atoms with Crippen LogP contribution in [0.3, 0.4) is 0 Å². The molecule has 4 N–H and O–H groups in total. The fourth-order valence-electron chi connectivity index (χ4n) is 2.34. The van der Waals surface area contributed by atoms with Crippen LogP contribution < -0.4 is 16.4 Å². The molecule has 0 spiro atoms. The van der Waals surface area contributed by atoms with Crippen LogP contribution in [0.2, 0.25) is 0 Å². The van der Waals surface area contributed by atoms with E-state index in [1.54, 1.807) is 10.9 Å². The van der Waals surface area contributed by atoms with Gasteiger partial charge in [0.05, 0.1) is 26.1 Å². The normalized spacial score (nSPS) is 11.5. The van der Waals surface area contributed by atoms with E-state index in [0.29, 0.717) is 17.7 Å². The molecule has 2 rings (SSSR count). The Balaban J connectivity index is 1.85. The fraction of sp³-hybridized carbons (Fsp3) is 0.562. The topological polar surface area (TPSA) is 173 Å². The van der Waals surface area contributed by atoms with Crippen LogP contribution in [0.4, 0.5) is 5.82 Å². The van der Waals surface area contributed by atoms with Gasteiger partial charge in [0.25, 0.3) is 0 Å². The first kappa shape index (κ1) is 23.7. The number of anilines is 1. The Labute approximate surface area is 173 Å². The molecule has 0 atom stereocenters. The number of carbonyl (C=O) groups is 2. The highest BCUT2D eigenvalue weighted by atomic mass is 31.2. The highest BCUT2D eigenvalue weighted by Crippen LogP contribution is 2.47. The van der Waals surface area contributed by atoms with E-state index in [9.17, 15) is 14.2 Å². The van der Waals surface area contributed by atoms with Gasteiger partial charge in [-0.25, -0.2) is 15.0 Å². The predicted octanol–water partition coefficient (Wildman–Crippen LogP) is -0.119. The Kier molecular flexibility index (Phi) is 9.12. The van der Waals surface area contributed by atoms with Crippen molar-refractivity contribution in [3.8, 4) is 0 Å². The Morgan fingerprint density at radius 1 is 1.07 bits per heavy atom. The number of nitrogen functional groups attached to an aromatic ring is 1. The number of nitrogens with two attached hydrogens (primary N) is 1. The van der Waals surface area contributed by atoms with Gasteiger partial charge in [0, 0.05) is 33.5 Å².